The van der Waals surface area contributed by atoms with Crippen LogP contribution in [0.3, 0.4) is 0 Å². The summed E-state index contributed by atoms with van der Waals surface area (Å²) in [6.45, 7) is 4.56. The van der Waals surface area contributed by atoms with Crippen LogP contribution in [0.2, 0.25) is 0 Å². The summed E-state index contributed by atoms with van der Waals surface area (Å²) in [5.41, 5.74) is 0. The monoisotopic (exact) mass is 252 g/mol. The van der Waals surface area contributed by atoms with E-state index in [1.807, 2.05) is 0 Å². The van der Waals surface area contributed by atoms with Gasteiger partial charge in [-0.3, -0.25) is 14.5 Å². The van der Waals surface area contributed by atoms with E-state index in [-0.39, 0.29) is 17.9 Å². The summed E-state index contributed by atoms with van der Waals surface area (Å²) in [6.07, 6.45) is 4.71. The molecular formula is C14H24N2O2. The molecule has 0 bridgehead atoms. The van der Waals surface area contributed by atoms with Gasteiger partial charge in [-0.15, -0.1) is 0 Å². The molecule has 2 amide bonds. The molecule has 1 aliphatic carbocycles. The number of carbonyl (C=O) groups excluding carboxylic acids is 2. The Balaban J connectivity index is 1.93. The van der Waals surface area contributed by atoms with E-state index >= 15 is 0 Å². The normalized spacial score (nSPS) is 38.1. The Labute approximate surface area is 109 Å². The molecule has 4 heteroatoms. The van der Waals surface area contributed by atoms with Crippen molar-refractivity contribution in [1.29, 1.82) is 0 Å². The van der Waals surface area contributed by atoms with E-state index in [0.717, 1.165) is 24.7 Å². The number of hydrogen-bond acceptors (Lipinski definition) is 3. The highest BCUT2D eigenvalue weighted by Crippen LogP contribution is 2.29. The predicted molar refractivity (Wildman–Crippen MR) is 69.9 cm³/mol. The third-order valence-electron chi connectivity index (χ3n) is 4.27. The van der Waals surface area contributed by atoms with Gasteiger partial charge >= 0.3 is 0 Å². The standard InChI is InChI=1S/C14H24N2O2/c1-9-6-10(2)8-11(7-9)15-12-4-5-13(17)16(3)14(12)18/h9-12,15H,4-8H2,1-3H3. The van der Waals surface area contributed by atoms with Gasteiger partial charge in [-0.05, 0) is 37.5 Å². The molecule has 0 aromatic carbocycles. The number of amides is 2. The molecule has 2 rings (SSSR count). The summed E-state index contributed by atoms with van der Waals surface area (Å²) in [7, 11) is 1.59. The summed E-state index contributed by atoms with van der Waals surface area (Å²) in [6, 6.07) is 0.273. The highest BCUT2D eigenvalue weighted by molar-refractivity contribution is 6.00. The zero-order chi connectivity index (χ0) is 13.3. The fraction of sp³-hybridized carbons (Fsp3) is 0.857. The van der Waals surface area contributed by atoms with E-state index < -0.39 is 0 Å². The molecule has 0 aromatic heterocycles. The van der Waals surface area contributed by atoms with Crippen LogP contribution in [0.4, 0.5) is 0 Å². The lowest BCUT2D eigenvalue weighted by molar-refractivity contribution is -0.148. The summed E-state index contributed by atoms with van der Waals surface area (Å²) >= 11 is 0. The van der Waals surface area contributed by atoms with Crippen LogP contribution in [0, 0.1) is 11.8 Å². The zero-order valence-corrected chi connectivity index (χ0v) is 11.6. The van der Waals surface area contributed by atoms with Gasteiger partial charge in [-0.1, -0.05) is 13.8 Å². The van der Waals surface area contributed by atoms with Crippen molar-refractivity contribution in [3.8, 4) is 0 Å². The Hall–Kier alpha value is -0.900. The molecule has 1 N–H and O–H groups in total. The van der Waals surface area contributed by atoms with Crippen molar-refractivity contribution in [3.63, 3.8) is 0 Å². The molecule has 18 heavy (non-hydrogen) atoms. The van der Waals surface area contributed by atoms with E-state index in [0.29, 0.717) is 18.9 Å². The van der Waals surface area contributed by atoms with Crippen molar-refractivity contribution in [2.24, 2.45) is 11.8 Å². The maximum atomic E-state index is 12.0. The summed E-state index contributed by atoms with van der Waals surface area (Å²) in [4.78, 5) is 24.7. The topological polar surface area (TPSA) is 49.4 Å². The van der Waals surface area contributed by atoms with Crippen molar-refractivity contribution in [1.82, 2.24) is 10.2 Å². The maximum absolute atomic E-state index is 12.0. The molecule has 2 aliphatic rings. The first-order chi connectivity index (χ1) is 8.47. The molecule has 1 saturated heterocycles. The minimum atomic E-state index is -0.157. The smallest absolute Gasteiger partial charge is 0.246 e. The highest BCUT2D eigenvalue weighted by atomic mass is 16.2. The van der Waals surface area contributed by atoms with Crippen LogP contribution in [-0.4, -0.2) is 35.8 Å². The first-order valence-corrected chi connectivity index (χ1v) is 7.03. The lowest BCUT2D eigenvalue weighted by Crippen LogP contribution is -2.54. The van der Waals surface area contributed by atoms with Crippen LogP contribution in [0.25, 0.3) is 0 Å². The second-order valence-electron chi connectivity index (χ2n) is 6.16. The van der Waals surface area contributed by atoms with Crippen molar-refractivity contribution >= 4 is 11.8 Å². The second-order valence-corrected chi connectivity index (χ2v) is 6.16. The number of hydrogen-bond donors (Lipinski definition) is 1. The van der Waals surface area contributed by atoms with Gasteiger partial charge in [0.05, 0.1) is 6.04 Å². The van der Waals surface area contributed by atoms with Gasteiger partial charge in [-0.25, -0.2) is 0 Å². The first kappa shape index (κ1) is 13.5. The molecule has 0 aromatic rings. The van der Waals surface area contributed by atoms with Crippen molar-refractivity contribution in [2.75, 3.05) is 7.05 Å². The quantitative estimate of drug-likeness (QED) is 0.759. The van der Waals surface area contributed by atoms with Gasteiger partial charge in [0.15, 0.2) is 0 Å². The van der Waals surface area contributed by atoms with Gasteiger partial charge in [0, 0.05) is 19.5 Å². The molecule has 1 saturated carbocycles. The van der Waals surface area contributed by atoms with E-state index in [1.165, 1.54) is 11.3 Å². The van der Waals surface area contributed by atoms with Gasteiger partial charge in [0.1, 0.15) is 0 Å². The lowest BCUT2D eigenvalue weighted by atomic mass is 9.80. The van der Waals surface area contributed by atoms with Gasteiger partial charge in [0.2, 0.25) is 11.8 Å². The Morgan fingerprint density at radius 2 is 1.72 bits per heavy atom. The molecule has 1 heterocycles. The minimum Gasteiger partial charge on any atom is -0.303 e. The van der Waals surface area contributed by atoms with Gasteiger partial charge in [0.25, 0.3) is 0 Å². The molecule has 2 fully saturated rings. The fourth-order valence-electron chi connectivity index (χ4n) is 3.44. The number of carbonyl (C=O) groups is 2. The highest BCUT2D eigenvalue weighted by Gasteiger charge is 2.34. The van der Waals surface area contributed by atoms with E-state index in [4.69, 9.17) is 0 Å². The molecule has 3 atom stereocenters. The number of likely N-dealkylation sites (tertiary alicyclic amines) is 1. The van der Waals surface area contributed by atoms with Crippen LogP contribution in [0.5, 0.6) is 0 Å². The number of nitrogens with one attached hydrogen (secondary N) is 1. The number of nitrogens with zero attached hydrogens (tertiary/aromatic N) is 1. The van der Waals surface area contributed by atoms with Crippen LogP contribution in [0.15, 0.2) is 0 Å². The summed E-state index contributed by atoms with van der Waals surface area (Å²) in [5.74, 6) is 1.34. The van der Waals surface area contributed by atoms with Gasteiger partial charge < -0.3 is 5.32 Å². The minimum absolute atomic E-state index is 0.0524. The van der Waals surface area contributed by atoms with Crippen LogP contribution in [-0.2, 0) is 9.59 Å². The molecule has 102 valence electrons. The molecule has 0 radical (unpaired) electrons. The van der Waals surface area contributed by atoms with E-state index in [9.17, 15) is 9.59 Å². The lowest BCUT2D eigenvalue weighted by Gasteiger charge is -2.36. The van der Waals surface area contributed by atoms with Crippen LogP contribution < -0.4 is 5.32 Å². The molecule has 3 unspecified atom stereocenters. The van der Waals surface area contributed by atoms with Crippen molar-refractivity contribution < 1.29 is 9.59 Å². The number of rotatable bonds is 2. The third-order valence-corrected chi connectivity index (χ3v) is 4.27. The number of piperidine rings is 1. The zero-order valence-electron chi connectivity index (χ0n) is 11.6. The number of imide groups is 1. The Kier molecular flexibility index (Phi) is 4.05. The SMILES string of the molecule is CC1CC(C)CC(NC2CCC(=O)N(C)C2=O)C1. The largest absolute Gasteiger partial charge is 0.303 e. The van der Waals surface area contributed by atoms with Crippen molar-refractivity contribution in [2.45, 2.75) is 58.0 Å². The Morgan fingerprint density at radius 1 is 1.11 bits per heavy atom. The molecular weight excluding hydrogens is 228 g/mol. The van der Waals surface area contributed by atoms with Crippen molar-refractivity contribution in [3.05, 3.63) is 0 Å². The summed E-state index contributed by atoms with van der Waals surface area (Å²) < 4.78 is 0. The van der Waals surface area contributed by atoms with Crippen LogP contribution >= 0.6 is 0 Å². The Bertz CT molecular complexity index is 333. The average Bonchev–Trinajstić information content (AvgIpc) is 2.29. The fourth-order valence-corrected chi connectivity index (χ4v) is 3.44. The summed E-state index contributed by atoms with van der Waals surface area (Å²) in [5, 5.41) is 3.48. The third kappa shape index (κ3) is 2.91. The average molecular weight is 252 g/mol. The van der Waals surface area contributed by atoms with Gasteiger partial charge in [-0.2, -0.15) is 0 Å². The van der Waals surface area contributed by atoms with Crippen LogP contribution in [0.1, 0.15) is 46.0 Å². The molecule has 1 aliphatic heterocycles. The first-order valence-electron chi connectivity index (χ1n) is 7.03. The maximum Gasteiger partial charge on any atom is 0.246 e. The van der Waals surface area contributed by atoms with E-state index in [2.05, 4.69) is 19.2 Å². The van der Waals surface area contributed by atoms with E-state index in [1.54, 1.807) is 7.05 Å². The molecule has 4 nitrogen and oxygen atoms in total. The number of likely N-dealkylation sites (N-methyl/N-ethyl adjacent to an activating group) is 1. The predicted octanol–water partition coefficient (Wildman–Crippen LogP) is 1.55. The molecule has 0 spiro atoms. The Morgan fingerprint density at radius 3 is 2.33 bits per heavy atom. The second kappa shape index (κ2) is 5.39.